The van der Waals surface area contributed by atoms with E-state index in [-0.39, 0.29) is 11.2 Å². The van der Waals surface area contributed by atoms with Gasteiger partial charge in [-0.1, -0.05) is 81.9 Å². The topological polar surface area (TPSA) is 0 Å². The second kappa shape index (κ2) is 7.71. The van der Waals surface area contributed by atoms with Crippen LogP contribution in [0.4, 0.5) is 4.39 Å². The van der Waals surface area contributed by atoms with Crippen molar-refractivity contribution >= 4 is 63.7 Å². The monoisotopic (exact) mass is 540 g/mol. The lowest BCUT2D eigenvalue weighted by molar-refractivity contribution is 0.522. The zero-order valence-electron chi connectivity index (χ0n) is 11.1. The van der Waals surface area contributed by atoms with Gasteiger partial charge in [-0.25, -0.2) is 4.39 Å². The van der Waals surface area contributed by atoms with Crippen molar-refractivity contribution in [2.24, 2.45) is 0 Å². The Hall–Kier alpha value is 0.290. The second-order valence-corrected chi connectivity index (χ2v) is 7.92. The smallest absolute Gasteiger partial charge is 0.127 e. The molecule has 0 spiro atoms. The SMILES string of the molecule is Fc1cc(Br)ccc1CC(CBr)(CBr)c1cccc(Br)c1. The molecule has 2 rings (SSSR count). The zero-order chi connectivity index (χ0) is 15.5. The summed E-state index contributed by atoms with van der Waals surface area (Å²) in [5.74, 6) is -0.175. The molecule has 0 unspecified atom stereocenters. The molecule has 0 nitrogen and oxygen atoms in total. The highest BCUT2D eigenvalue weighted by molar-refractivity contribution is 9.11. The fraction of sp³-hybridized carbons (Fsp3) is 0.250. The maximum Gasteiger partial charge on any atom is 0.127 e. The number of benzene rings is 2. The fourth-order valence-electron chi connectivity index (χ4n) is 2.23. The summed E-state index contributed by atoms with van der Waals surface area (Å²) in [6, 6.07) is 13.4. The molecule has 0 aliphatic heterocycles. The molecule has 0 heterocycles. The van der Waals surface area contributed by atoms with Crippen LogP contribution in [0.3, 0.4) is 0 Å². The Kier molecular flexibility index (Phi) is 6.48. The molecule has 0 amide bonds. The van der Waals surface area contributed by atoms with Crippen molar-refractivity contribution in [2.75, 3.05) is 10.7 Å². The normalized spacial score (nSPS) is 11.7. The van der Waals surface area contributed by atoms with Gasteiger partial charge in [0, 0.05) is 25.0 Å². The number of halogens is 5. The quantitative estimate of drug-likeness (QED) is 0.372. The van der Waals surface area contributed by atoms with Crippen molar-refractivity contribution in [3.8, 4) is 0 Å². The van der Waals surface area contributed by atoms with Crippen molar-refractivity contribution < 1.29 is 4.39 Å². The molecule has 21 heavy (non-hydrogen) atoms. The Bertz CT molecular complexity index is 623. The summed E-state index contributed by atoms with van der Waals surface area (Å²) in [7, 11) is 0. The van der Waals surface area contributed by atoms with Gasteiger partial charge in [0.05, 0.1) is 0 Å². The third-order valence-corrected chi connectivity index (χ3v) is 6.63. The van der Waals surface area contributed by atoms with Crippen LogP contribution in [0.15, 0.2) is 51.4 Å². The Morgan fingerprint density at radius 3 is 2.14 bits per heavy atom. The number of hydrogen-bond acceptors (Lipinski definition) is 0. The van der Waals surface area contributed by atoms with Crippen LogP contribution in [0.2, 0.25) is 0 Å². The van der Waals surface area contributed by atoms with Gasteiger partial charge in [0.2, 0.25) is 0 Å². The molecule has 0 fully saturated rings. The van der Waals surface area contributed by atoms with Crippen LogP contribution < -0.4 is 0 Å². The molecular weight excluding hydrogens is 531 g/mol. The average molecular weight is 544 g/mol. The van der Waals surface area contributed by atoms with E-state index in [2.05, 4.69) is 75.9 Å². The van der Waals surface area contributed by atoms with Crippen molar-refractivity contribution in [2.45, 2.75) is 11.8 Å². The van der Waals surface area contributed by atoms with E-state index < -0.39 is 0 Å². The molecule has 0 N–H and O–H groups in total. The highest BCUT2D eigenvalue weighted by Gasteiger charge is 2.31. The van der Waals surface area contributed by atoms with Gasteiger partial charge in [-0.15, -0.1) is 0 Å². The van der Waals surface area contributed by atoms with Crippen LogP contribution in [-0.4, -0.2) is 10.7 Å². The van der Waals surface area contributed by atoms with Crippen LogP contribution in [0.5, 0.6) is 0 Å². The maximum absolute atomic E-state index is 14.2. The standard InChI is InChI=1S/C16H13Br4F/c17-9-16(10-18,12-2-1-3-13(19)6-12)8-11-4-5-14(20)7-15(11)21/h1-7H,8-10H2. The molecule has 0 saturated carbocycles. The minimum Gasteiger partial charge on any atom is -0.207 e. The highest BCUT2D eigenvalue weighted by atomic mass is 79.9. The summed E-state index contributed by atoms with van der Waals surface area (Å²) < 4.78 is 16.0. The summed E-state index contributed by atoms with van der Waals surface area (Å²) in [5.41, 5.74) is 1.70. The Balaban J connectivity index is 2.43. The van der Waals surface area contributed by atoms with Crippen LogP contribution in [0, 0.1) is 5.82 Å². The van der Waals surface area contributed by atoms with Gasteiger partial charge in [-0.3, -0.25) is 0 Å². The number of hydrogen-bond donors (Lipinski definition) is 0. The minimum atomic E-state index is -0.196. The van der Waals surface area contributed by atoms with Gasteiger partial charge in [-0.2, -0.15) is 0 Å². The summed E-state index contributed by atoms with van der Waals surface area (Å²) >= 11 is 14.0. The maximum atomic E-state index is 14.2. The predicted molar refractivity (Wildman–Crippen MR) is 101 cm³/mol. The van der Waals surface area contributed by atoms with E-state index in [9.17, 15) is 4.39 Å². The molecule has 2 aromatic carbocycles. The molecule has 0 radical (unpaired) electrons. The van der Waals surface area contributed by atoms with Crippen LogP contribution in [0.1, 0.15) is 11.1 Å². The van der Waals surface area contributed by atoms with Gasteiger partial charge in [0.15, 0.2) is 0 Å². The van der Waals surface area contributed by atoms with E-state index in [1.807, 2.05) is 24.3 Å². The third kappa shape index (κ3) is 4.18. The summed E-state index contributed by atoms with van der Waals surface area (Å²) in [6.45, 7) is 0. The first-order chi connectivity index (χ1) is 10.0. The largest absolute Gasteiger partial charge is 0.207 e. The molecule has 2 aromatic rings. The van der Waals surface area contributed by atoms with Crippen molar-refractivity contribution in [3.05, 3.63) is 68.4 Å². The lowest BCUT2D eigenvalue weighted by atomic mass is 9.79. The van der Waals surface area contributed by atoms with Crippen LogP contribution >= 0.6 is 63.7 Å². The summed E-state index contributed by atoms with van der Waals surface area (Å²) in [5, 5.41) is 1.49. The molecule has 0 saturated heterocycles. The lowest BCUT2D eigenvalue weighted by Crippen LogP contribution is -2.33. The van der Waals surface area contributed by atoms with Crippen LogP contribution in [-0.2, 0) is 11.8 Å². The molecule has 0 bridgehead atoms. The minimum absolute atomic E-state index is 0.175. The molecule has 0 atom stereocenters. The zero-order valence-corrected chi connectivity index (χ0v) is 17.4. The van der Waals surface area contributed by atoms with Gasteiger partial charge in [-0.05, 0) is 41.8 Å². The van der Waals surface area contributed by atoms with E-state index in [4.69, 9.17) is 0 Å². The molecule has 0 aromatic heterocycles. The first-order valence-electron chi connectivity index (χ1n) is 6.33. The van der Waals surface area contributed by atoms with Gasteiger partial charge in [0.25, 0.3) is 0 Å². The van der Waals surface area contributed by atoms with E-state index in [1.165, 1.54) is 11.6 Å². The summed E-state index contributed by atoms with van der Waals surface area (Å²) in [6.07, 6.45) is 0.624. The van der Waals surface area contributed by atoms with E-state index in [1.54, 1.807) is 0 Å². The third-order valence-electron chi connectivity index (χ3n) is 3.49. The predicted octanol–water partition coefficient (Wildman–Crippen LogP) is 6.62. The van der Waals surface area contributed by atoms with Crippen molar-refractivity contribution in [3.63, 3.8) is 0 Å². The number of rotatable bonds is 5. The second-order valence-electron chi connectivity index (χ2n) is 4.97. The van der Waals surface area contributed by atoms with E-state index >= 15 is 0 Å². The first kappa shape index (κ1) is 17.6. The molecule has 112 valence electrons. The van der Waals surface area contributed by atoms with Gasteiger partial charge < -0.3 is 0 Å². The van der Waals surface area contributed by atoms with Crippen molar-refractivity contribution in [1.82, 2.24) is 0 Å². The number of alkyl halides is 2. The Labute approximate surface area is 158 Å². The van der Waals surface area contributed by atoms with Gasteiger partial charge >= 0.3 is 0 Å². The van der Waals surface area contributed by atoms with E-state index in [0.29, 0.717) is 6.42 Å². The Morgan fingerprint density at radius 2 is 1.57 bits per heavy atom. The molecular formula is C16H13Br4F. The van der Waals surface area contributed by atoms with Gasteiger partial charge in [0.1, 0.15) is 5.82 Å². The molecule has 0 aliphatic carbocycles. The average Bonchev–Trinajstić information content (AvgIpc) is 2.47. The molecule has 5 heteroatoms. The first-order valence-corrected chi connectivity index (χ1v) is 10.2. The summed E-state index contributed by atoms with van der Waals surface area (Å²) in [4.78, 5) is 0. The van der Waals surface area contributed by atoms with Crippen LogP contribution in [0.25, 0.3) is 0 Å². The van der Waals surface area contributed by atoms with E-state index in [0.717, 1.165) is 25.2 Å². The fourth-order valence-corrected chi connectivity index (χ4v) is 4.94. The Morgan fingerprint density at radius 1 is 0.905 bits per heavy atom. The lowest BCUT2D eigenvalue weighted by Gasteiger charge is -2.31. The highest BCUT2D eigenvalue weighted by Crippen LogP contribution is 2.35. The van der Waals surface area contributed by atoms with Crippen molar-refractivity contribution in [1.29, 1.82) is 0 Å². The molecule has 0 aliphatic rings.